The first-order chi connectivity index (χ1) is 28.5. The van der Waals surface area contributed by atoms with Crippen LogP contribution >= 0.6 is 22.7 Å². The van der Waals surface area contributed by atoms with Crippen LogP contribution in [0, 0.1) is 47.4 Å². The van der Waals surface area contributed by atoms with Crippen LogP contribution in [0.2, 0.25) is 0 Å². The highest BCUT2D eigenvalue weighted by Crippen LogP contribution is 2.39. The van der Waals surface area contributed by atoms with E-state index in [1.54, 1.807) is 22.7 Å². The summed E-state index contributed by atoms with van der Waals surface area (Å²) < 4.78 is 0. The lowest BCUT2D eigenvalue weighted by Gasteiger charge is -2.00. The maximum Gasteiger partial charge on any atom is 0.0792 e. The third kappa shape index (κ3) is 12.8. The van der Waals surface area contributed by atoms with Crippen LogP contribution in [-0.2, 0) is 25.7 Å². The molecular formula is C56H54S2. The molecule has 0 bridgehead atoms. The fraction of sp³-hybridized carbons (Fsp3) is 0.286. The van der Waals surface area contributed by atoms with E-state index >= 15 is 0 Å². The molecule has 0 nitrogen and oxygen atoms in total. The lowest BCUT2D eigenvalue weighted by Crippen LogP contribution is -1.85. The first-order valence-corrected chi connectivity index (χ1v) is 22.9. The standard InChI is InChI=1S/C56H54S2/c1-5-9-13-43-17-25-47(26-18-43)33-37-51-41-53(39-35-49-29-21-45(22-30-49)15-11-7-3)57-55(51)56-52(38-34-48-27-19-44(20-28-48)14-10-6-2)42-54(58-56)40-36-50-31-23-46(24-32-50)16-12-8-4/h17-32,41-42H,5-16H2,1-4H3. The van der Waals surface area contributed by atoms with Crippen LogP contribution in [0.25, 0.3) is 9.75 Å². The summed E-state index contributed by atoms with van der Waals surface area (Å²) in [6.07, 6.45) is 14.0. The van der Waals surface area contributed by atoms with Gasteiger partial charge in [0, 0.05) is 33.4 Å². The van der Waals surface area contributed by atoms with Crippen molar-refractivity contribution in [1.29, 1.82) is 0 Å². The number of unbranched alkanes of at least 4 members (excludes halogenated alkanes) is 4. The summed E-state index contributed by atoms with van der Waals surface area (Å²) in [5, 5.41) is 0. The first-order valence-electron chi connectivity index (χ1n) is 21.2. The van der Waals surface area contributed by atoms with Crippen molar-refractivity contribution in [3.8, 4) is 57.1 Å². The number of benzene rings is 4. The largest absolute Gasteiger partial charge is 0.124 e. The molecule has 0 atom stereocenters. The molecule has 0 saturated heterocycles. The van der Waals surface area contributed by atoms with E-state index in [1.165, 1.54) is 73.6 Å². The quantitative estimate of drug-likeness (QED) is 0.102. The van der Waals surface area contributed by atoms with Gasteiger partial charge in [0.25, 0.3) is 0 Å². The van der Waals surface area contributed by atoms with Crippen LogP contribution in [0.4, 0.5) is 0 Å². The number of hydrogen-bond donors (Lipinski definition) is 0. The molecule has 0 radical (unpaired) electrons. The van der Waals surface area contributed by atoms with Gasteiger partial charge < -0.3 is 0 Å². The summed E-state index contributed by atoms with van der Waals surface area (Å²) in [6.45, 7) is 8.94. The summed E-state index contributed by atoms with van der Waals surface area (Å²) in [5.74, 6) is 27.9. The van der Waals surface area contributed by atoms with Crippen LogP contribution in [0.1, 0.15) is 144 Å². The molecule has 0 saturated carbocycles. The topological polar surface area (TPSA) is 0 Å². The zero-order valence-corrected chi connectivity index (χ0v) is 36.3. The van der Waals surface area contributed by atoms with Gasteiger partial charge in [-0.1, -0.05) is 149 Å². The van der Waals surface area contributed by atoms with E-state index in [0.717, 1.165) is 78.6 Å². The fourth-order valence-electron chi connectivity index (χ4n) is 6.52. The van der Waals surface area contributed by atoms with Gasteiger partial charge in [0.05, 0.1) is 19.5 Å². The Morgan fingerprint density at radius 2 is 0.586 bits per heavy atom. The number of rotatable bonds is 13. The van der Waals surface area contributed by atoms with Crippen molar-refractivity contribution in [1.82, 2.24) is 0 Å². The van der Waals surface area contributed by atoms with Gasteiger partial charge in [-0.3, -0.25) is 0 Å². The number of aryl methyl sites for hydroxylation is 4. The second-order valence-corrected chi connectivity index (χ2v) is 17.0. The second-order valence-electron chi connectivity index (χ2n) is 14.9. The Morgan fingerprint density at radius 3 is 0.845 bits per heavy atom. The molecule has 0 unspecified atom stereocenters. The molecule has 0 fully saturated rings. The Hall–Kier alpha value is -5.48. The van der Waals surface area contributed by atoms with Crippen molar-refractivity contribution in [3.63, 3.8) is 0 Å². The van der Waals surface area contributed by atoms with E-state index < -0.39 is 0 Å². The smallest absolute Gasteiger partial charge is 0.0792 e. The molecule has 0 aliphatic heterocycles. The molecule has 2 heterocycles. The molecule has 6 rings (SSSR count). The SMILES string of the molecule is CCCCc1ccc(C#Cc2cc(C#Cc3ccc(CCCC)cc3)c(-c3sc(C#Cc4ccc(CCCC)cc4)cc3C#Cc3ccc(CCCC)cc3)s2)cc1. The molecule has 58 heavy (non-hydrogen) atoms. The Morgan fingerprint density at radius 1 is 0.328 bits per heavy atom. The summed E-state index contributed by atoms with van der Waals surface area (Å²) in [4.78, 5) is 4.14. The third-order valence-electron chi connectivity index (χ3n) is 10.1. The zero-order valence-electron chi connectivity index (χ0n) is 34.7. The molecule has 0 N–H and O–H groups in total. The Bertz CT molecular complexity index is 2290. The van der Waals surface area contributed by atoms with Gasteiger partial charge in [-0.05, 0) is 134 Å². The lowest BCUT2D eigenvalue weighted by atomic mass is 10.1. The lowest BCUT2D eigenvalue weighted by molar-refractivity contribution is 0.795. The van der Waals surface area contributed by atoms with Gasteiger partial charge in [0.2, 0.25) is 0 Å². The van der Waals surface area contributed by atoms with Crippen molar-refractivity contribution >= 4 is 22.7 Å². The van der Waals surface area contributed by atoms with Gasteiger partial charge in [-0.15, -0.1) is 22.7 Å². The minimum Gasteiger partial charge on any atom is -0.124 e. The maximum atomic E-state index is 3.56. The van der Waals surface area contributed by atoms with Crippen LogP contribution < -0.4 is 0 Å². The van der Waals surface area contributed by atoms with E-state index in [4.69, 9.17) is 0 Å². The minimum atomic E-state index is 0.964. The molecule has 6 aromatic rings. The average Bonchev–Trinajstić information content (AvgIpc) is 3.88. The summed E-state index contributed by atoms with van der Waals surface area (Å²) in [7, 11) is 0. The highest BCUT2D eigenvalue weighted by Gasteiger charge is 2.16. The Labute approximate surface area is 357 Å². The molecule has 4 aromatic carbocycles. The van der Waals surface area contributed by atoms with Gasteiger partial charge >= 0.3 is 0 Å². The van der Waals surface area contributed by atoms with Crippen LogP contribution in [0.5, 0.6) is 0 Å². The fourth-order valence-corrected chi connectivity index (χ4v) is 8.61. The summed E-state index contributed by atoms with van der Waals surface area (Å²) in [6, 6.07) is 39.2. The first kappa shape index (κ1) is 42.1. The summed E-state index contributed by atoms with van der Waals surface area (Å²) in [5.41, 5.74) is 11.4. The van der Waals surface area contributed by atoms with E-state index in [-0.39, 0.29) is 0 Å². The van der Waals surface area contributed by atoms with Crippen LogP contribution in [-0.4, -0.2) is 0 Å². The van der Waals surface area contributed by atoms with Gasteiger partial charge in [-0.25, -0.2) is 0 Å². The molecule has 0 aliphatic rings. The number of thiophene rings is 2. The van der Waals surface area contributed by atoms with Crippen molar-refractivity contribution in [2.24, 2.45) is 0 Å². The maximum absolute atomic E-state index is 3.56. The summed E-state index contributed by atoms with van der Waals surface area (Å²) >= 11 is 3.38. The van der Waals surface area contributed by atoms with Crippen molar-refractivity contribution in [2.75, 3.05) is 0 Å². The predicted molar refractivity (Wildman–Crippen MR) is 252 cm³/mol. The molecule has 0 aliphatic carbocycles. The minimum absolute atomic E-state index is 0.964. The number of hydrogen-bond acceptors (Lipinski definition) is 2. The van der Waals surface area contributed by atoms with Gasteiger partial charge in [0.15, 0.2) is 0 Å². The van der Waals surface area contributed by atoms with Gasteiger partial charge in [0.1, 0.15) is 0 Å². The second kappa shape index (κ2) is 22.5. The van der Waals surface area contributed by atoms with E-state index in [2.05, 4.69) is 184 Å². The molecule has 0 amide bonds. The molecule has 2 heteroatoms. The van der Waals surface area contributed by atoms with Crippen molar-refractivity contribution in [3.05, 3.63) is 175 Å². The monoisotopic (exact) mass is 790 g/mol. The van der Waals surface area contributed by atoms with Crippen LogP contribution in [0.15, 0.2) is 109 Å². The van der Waals surface area contributed by atoms with E-state index in [1.807, 2.05) is 0 Å². The predicted octanol–water partition coefficient (Wildman–Crippen LogP) is 14.4. The normalized spacial score (nSPS) is 10.3. The van der Waals surface area contributed by atoms with E-state index in [9.17, 15) is 0 Å². The Balaban J connectivity index is 1.40. The average molecular weight is 791 g/mol. The molecule has 0 spiro atoms. The van der Waals surface area contributed by atoms with Crippen molar-refractivity contribution < 1.29 is 0 Å². The Kier molecular flexibility index (Phi) is 16.3. The van der Waals surface area contributed by atoms with Crippen molar-refractivity contribution in [2.45, 2.75) is 105 Å². The zero-order chi connectivity index (χ0) is 40.4. The van der Waals surface area contributed by atoms with Crippen LogP contribution in [0.3, 0.4) is 0 Å². The highest BCUT2D eigenvalue weighted by atomic mass is 32.1. The molecular weight excluding hydrogens is 737 g/mol. The molecule has 2 aromatic heterocycles. The third-order valence-corrected chi connectivity index (χ3v) is 12.4. The highest BCUT2D eigenvalue weighted by molar-refractivity contribution is 7.23. The van der Waals surface area contributed by atoms with E-state index in [0.29, 0.717) is 0 Å². The molecule has 290 valence electrons. The van der Waals surface area contributed by atoms with Gasteiger partial charge in [-0.2, -0.15) is 0 Å².